The Hall–Kier alpha value is -9.41. The highest BCUT2D eigenvalue weighted by molar-refractivity contribution is 6.35. The summed E-state index contributed by atoms with van der Waals surface area (Å²) < 4.78 is 12.3. The minimum absolute atomic E-state index is 0.0480. The van der Waals surface area contributed by atoms with Gasteiger partial charge in [0.25, 0.3) is 23.6 Å². The number of carbonyl (C=O) groups excluding carboxylic acids is 5. The van der Waals surface area contributed by atoms with Gasteiger partial charge in [0.15, 0.2) is 5.78 Å². The zero-order valence-electron chi connectivity index (χ0n) is 36.7. The first kappa shape index (κ1) is 42.5. The maximum atomic E-state index is 14.0. The number of anilines is 3. The standard InChI is InChI=1S/C55H38N6O7/c1-55(2,38-17-21-42(22-18-38)68-44-24-26-46-48(31-44)53(66)61(51(46)64)54-57-32-58-59-54)37-15-19-41(20-16-37)67-43-23-25-45-47(30-43)52(65)60(50(45)63)40-28-36(27-39(29-40)56-3)49(62)35-13-11-34(12-14-35)10-9-33-7-5-4-6-8-33/h4-8,11-32,56H,1-3H3,(H,57,58,59). The van der Waals surface area contributed by atoms with Gasteiger partial charge in [0.05, 0.1) is 27.9 Å². The van der Waals surface area contributed by atoms with Crippen molar-refractivity contribution in [3.05, 3.63) is 220 Å². The van der Waals surface area contributed by atoms with Crippen molar-refractivity contribution < 1.29 is 33.4 Å². The number of nitrogens with zero attached hydrogens (tertiary/aromatic N) is 4. The lowest BCUT2D eigenvalue weighted by Crippen LogP contribution is -2.30. The Morgan fingerprint density at radius 1 is 0.559 bits per heavy atom. The summed E-state index contributed by atoms with van der Waals surface area (Å²) in [7, 11) is 1.70. The van der Waals surface area contributed by atoms with Crippen molar-refractivity contribution >= 4 is 46.7 Å². The molecule has 0 fully saturated rings. The predicted octanol–water partition coefficient (Wildman–Crippen LogP) is 9.99. The number of hydrogen-bond donors (Lipinski definition) is 2. The Labute approximate surface area is 390 Å². The van der Waals surface area contributed by atoms with Crippen molar-refractivity contribution in [2.24, 2.45) is 0 Å². The Morgan fingerprint density at radius 2 is 1.07 bits per heavy atom. The van der Waals surface area contributed by atoms with E-state index >= 15 is 0 Å². The van der Waals surface area contributed by atoms with E-state index in [1.54, 1.807) is 85.9 Å². The molecule has 0 bridgehead atoms. The van der Waals surface area contributed by atoms with Crippen LogP contribution in [0.15, 0.2) is 164 Å². The molecule has 68 heavy (non-hydrogen) atoms. The van der Waals surface area contributed by atoms with Crippen molar-refractivity contribution in [3.63, 3.8) is 0 Å². The molecule has 7 aromatic carbocycles. The lowest BCUT2D eigenvalue weighted by Gasteiger charge is -2.26. The number of H-pyrrole nitrogens is 1. The molecule has 2 N–H and O–H groups in total. The number of imide groups is 2. The highest BCUT2D eigenvalue weighted by Crippen LogP contribution is 2.38. The van der Waals surface area contributed by atoms with Crippen LogP contribution >= 0.6 is 0 Å². The van der Waals surface area contributed by atoms with Crippen LogP contribution in [-0.2, 0) is 5.41 Å². The summed E-state index contributed by atoms with van der Waals surface area (Å²) in [6.07, 6.45) is 1.23. The average molecular weight is 895 g/mol. The Kier molecular flexibility index (Phi) is 10.8. The van der Waals surface area contributed by atoms with Crippen molar-refractivity contribution in [3.8, 4) is 34.8 Å². The quantitative estimate of drug-likeness (QED) is 0.0726. The zero-order valence-corrected chi connectivity index (χ0v) is 36.7. The van der Waals surface area contributed by atoms with Crippen LogP contribution in [0.25, 0.3) is 0 Å². The van der Waals surface area contributed by atoms with Crippen LogP contribution in [0, 0.1) is 11.8 Å². The number of hydrogen-bond acceptors (Lipinski definition) is 10. The average Bonchev–Trinajstić information content (AvgIpc) is 4.05. The molecular weight excluding hydrogens is 857 g/mol. The molecule has 3 heterocycles. The number of fused-ring (bicyclic) bond motifs is 2. The molecule has 2 aliphatic rings. The molecule has 0 spiro atoms. The molecule has 330 valence electrons. The van der Waals surface area contributed by atoms with Gasteiger partial charge < -0.3 is 14.8 Å². The second-order valence-electron chi connectivity index (χ2n) is 16.5. The van der Waals surface area contributed by atoms with Gasteiger partial charge in [0, 0.05) is 40.4 Å². The van der Waals surface area contributed by atoms with E-state index in [1.807, 2.05) is 78.9 Å². The molecule has 0 aliphatic carbocycles. The zero-order chi connectivity index (χ0) is 47.1. The number of carbonyl (C=O) groups is 5. The minimum Gasteiger partial charge on any atom is -0.457 e. The molecule has 4 amide bonds. The van der Waals surface area contributed by atoms with Crippen LogP contribution in [0.2, 0.25) is 0 Å². The Morgan fingerprint density at radius 3 is 1.62 bits per heavy atom. The van der Waals surface area contributed by atoms with Crippen LogP contribution < -0.4 is 24.6 Å². The van der Waals surface area contributed by atoms with Gasteiger partial charge in [-0.15, -0.1) is 0 Å². The molecule has 0 atom stereocenters. The van der Waals surface area contributed by atoms with E-state index < -0.39 is 29.0 Å². The summed E-state index contributed by atoms with van der Waals surface area (Å²) in [5.74, 6) is 5.79. The fourth-order valence-electron chi connectivity index (χ4n) is 8.17. The topological polar surface area (TPSA) is 164 Å². The van der Waals surface area contributed by atoms with Crippen LogP contribution in [-0.4, -0.2) is 51.6 Å². The highest BCUT2D eigenvalue weighted by Gasteiger charge is 2.39. The molecule has 2 aliphatic heterocycles. The molecule has 8 aromatic rings. The van der Waals surface area contributed by atoms with Crippen LogP contribution in [0.4, 0.5) is 17.3 Å². The summed E-state index contributed by atoms with van der Waals surface area (Å²) in [5.41, 5.74) is 5.64. The summed E-state index contributed by atoms with van der Waals surface area (Å²) >= 11 is 0. The number of benzene rings is 7. The monoisotopic (exact) mass is 894 g/mol. The fraction of sp³-hybridized carbons (Fsp3) is 0.0727. The van der Waals surface area contributed by atoms with Crippen molar-refractivity contribution in [2.45, 2.75) is 19.3 Å². The Balaban J connectivity index is 0.800. The second kappa shape index (κ2) is 17.2. The largest absolute Gasteiger partial charge is 0.457 e. The number of amides is 4. The van der Waals surface area contributed by atoms with E-state index in [-0.39, 0.29) is 39.7 Å². The third-order valence-electron chi connectivity index (χ3n) is 12.0. The summed E-state index contributed by atoms with van der Waals surface area (Å²) in [5, 5.41) is 9.34. The normalized spacial score (nSPS) is 12.9. The SMILES string of the molecule is CNc1cc(C(=O)c2ccc(C#Cc3ccccc3)cc2)cc(N2C(=O)c3ccc(Oc4ccc(C(C)(C)c5ccc(Oc6ccc7c(c6)C(=O)N(c6ncn[nH]6)C7=O)cc5)cc4)cc3C2=O)c1. The third-order valence-corrected chi connectivity index (χ3v) is 12.0. The maximum Gasteiger partial charge on any atom is 0.268 e. The predicted molar refractivity (Wildman–Crippen MR) is 255 cm³/mol. The number of ether oxygens (including phenoxy) is 2. The van der Waals surface area contributed by atoms with E-state index in [0.29, 0.717) is 39.8 Å². The van der Waals surface area contributed by atoms with Gasteiger partial charge in [-0.25, -0.2) is 14.9 Å². The smallest absolute Gasteiger partial charge is 0.268 e. The lowest BCUT2D eigenvalue weighted by atomic mass is 9.78. The Bertz CT molecular complexity index is 3390. The van der Waals surface area contributed by atoms with Gasteiger partial charge in [0.1, 0.15) is 29.3 Å². The van der Waals surface area contributed by atoms with Crippen molar-refractivity contribution in [2.75, 3.05) is 22.2 Å². The number of nitrogens with one attached hydrogen (secondary N) is 2. The fourth-order valence-corrected chi connectivity index (χ4v) is 8.17. The maximum absolute atomic E-state index is 14.0. The first-order valence-corrected chi connectivity index (χ1v) is 21.5. The number of rotatable bonds is 11. The second-order valence-corrected chi connectivity index (χ2v) is 16.5. The van der Waals surface area contributed by atoms with E-state index in [1.165, 1.54) is 6.33 Å². The van der Waals surface area contributed by atoms with Crippen LogP contribution in [0.1, 0.15) is 93.5 Å². The van der Waals surface area contributed by atoms with Gasteiger partial charge >= 0.3 is 0 Å². The van der Waals surface area contributed by atoms with Crippen LogP contribution in [0.3, 0.4) is 0 Å². The summed E-state index contributed by atoms with van der Waals surface area (Å²) in [6.45, 7) is 4.20. The van der Waals surface area contributed by atoms with Gasteiger partial charge in [-0.1, -0.05) is 68.2 Å². The molecule has 0 saturated heterocycles. The van der Waals surface area contributed by atoms with Gasteiger partial charge in [0.2, 0.25) is 5.95 Å². The van der Waals surface area contributed by atoms with Crippen molar-refractivity contribution in [1.82, 2.24) is 15.2 Å². The highest BCUT2D eigenvalue weighted by atomic mass is 16.5. The lowest BCUT2D eigenvalue weighted by molar-refractivity contribution is 0.0909. The van der Waals surface area contributed by atoms with E-state index in [4.69, 9.17) is 9.47 Å². The molecule has 13 heteroatoms. The van der Waals surface area contributed by atoms with Gasteiger partial charge in [-0.2, -0.15) is 10.1 Å². The van der Waals surface area contributed by atoms with E-state index in [2.05, 4.69) is 46.2 Å². The minimum atomic E-state index is -0.536. The molecule has 0 radical (unpaired) electrons. The molecule has 13 nitrogen and oxygen atoms in total. The molecule has 1 aromatic heterocycles. The van der Waals surface area contributed by atoms with Gasteiger partial charge in [-0.05, 0) is 126 Å². The summed E-state index contributed by atoms with van der Waals surface area (Å²) in [4.78, 5) is 73.4. The molecule has 0 unspecified atom stereocenters. The first-order chi connectivity index (χ1) is 32.9. The number of ketones is 1. The van der Waals surface area contributed by atoms with Crippen molar-refractivity contribution in [1.29, 1.82) is 0 Å². The van der Waals surface area contributed by atoms with Gasteiger partial charge in [-0.3, -0.25) is 24.0 Å². The molecule has 0 saturated carbocycles. The van der Waals surface area contributed by atoms with E-state index in [0.717, 1.165) is 32.1 Å². The number of aromatic amines is 1. The molecule has 10 rings (SSSR count). The third kappa shape index (κ3) is 7.92. The molecular formula is C55H38N6O7. The first-order valence-electron chi connectivity index (χ1n) is 21.5. The van der Waals surface area contributed by atoms with E-state index in [9.17, 15) is 24.0 Å². The number of aromatic nitrogens is 3. The van der Waals surface area contributed by atoms with Crippen LogP contribution in [0.5, 0.6) is 23.0 Å². The summed E-state index contributed by atoms with van der Waals surface area (Å²) in [6, 6.07) is 46.3.